The fraction of sp³-hybridized carbons (Fsp3) is 0. The van der Waals surface area contributed by atoms with E-state index in [4.69, 9.17) is 0 Å². The average Bonchev–Trinajstić information content (AvgIpc) is 2.87. The molecule has 0 aliphatic rings. The first-order valence-electron chi connectivity index (χ1n) is 6.26. The van der Waals surface area contributed by atoms with Crippen molar-refractivity contribution >= 4 is 21.8 Å². The summed E-state index contributed by atoms with van der Waals surface area (Å²) in [6.07, 6.45) is 4.80. The Labute approximate surface area is 110 Å². The van der Waals surface area contributed by atoms with Gasteiger partial charge >= 0.3 is 0 Å². The number of H-pyrrole nitrogens is 1. The Morgan fingerprint density at radius 1 is 0.842 bits per heavy atom. The van der Waals surface area contributed by atoms with Gasteiger partial charge in [-0.15, -0.1) is 0 Å². The third-order valence-electron chi connectivity index (χ3n) is 3.44. The predicted octanol–water partition coefficient (Wildman–Crippen LogP) is 4.18. The number of nitrogens with zero attached hydrogens (tertiary/aromatic N) is 1. The molecule has 2 aromatic carbocycles. The van der Waals surface area contributed by atoms with Crippen LogP contribution in [-0.2, 0) is 0 Å². The summed E-state index contributed by atoms with van der Waals surface area (Å²) in [5.41, 5.74) is 4.46. The molecule has 2 nitrogen and oxygen atoms in total. The Bertz CT molecular complexity index is 860. The molecule has 0 aliphatic heterocycles. The van der Waals surface area contributed by atoms with Crippen molar-refractivity contribution < 1.29 is 0 Å². The molecule has 2 heteroatoms. The highest BCUT2D eigenvalue weighted by molar-refractivity contribution is 6.11. The van der Waals surface area contributed by atoms with Gasteiger partial charge in [-0.05, 0) is 12.1 Å². The van der Waals surface area contributed by atoms with E-state index in [9.17, 15) is 0 Å². The first kappa shape index (κ1) is 10.3. The molecule has 0 saturated carbocycles. The van der Waals surface area contributed by atoms with E-state index in [0.717, 1.165) is 22.2 Å². The van der Waals surface area contributed by atoms with Crippen molar-refractivity contribution in [2.75, 3.05) is 0 Å². The van der Waals surface area contributed by atoms with Crippen molar-refractivity contribution in [3.63, 3.8) is 0 Å². The highest BCUT2D eigenvalue weighted by Crippen LogP contribution is 2.32. The molecule has 4 rings (SSSR count). The maximum Gasteiger partial charge on any atom is 0.0971 e. The van der Waals surface area contributed by atoms with Gasteiger partial charge in [-0.3, -0.25) is 4.98 Å². The van der Waals surface area contributed by atoms with Crippen LogP contribution in [0.15, 0.2) is 60.8 Å². The van der Waals surface area contributed by atoms with Crippen LogP contribution in [0.4, 0.5) is 0 Å². The number of rotatable bonds is 1. The summed E-state index contributed by atoms with van der Waals surface area (Å²) in [6, 6.07) is 18.7. The molecule has 4 aromatic rings. The molecule has 0 atom stereocenters. The Balaban J connectivity index is 2.13. The Kier molecular flexibility index (Phi) is 2.15. The number of para-hydroxylation sites is 2. The van der Waals surface area contributed by atoms with E-state index in [1.807, 2.05) is 18.2 Å². The molecule has 0 aliphatic carbocycles. The number of nitrogens with one attached hydrogen (secondary N) is 1. The van der Waals surface area contributed by atoms with Crippen molar-refractivity contribution in [2.24, 2.45) is 0 Å². The van der Waals surface area contributed by atoms with E-state index in [1.165, 1.54) is 10.8 Å². The molecule has 0 spiro atoms. The van der Waals surface area contributed by atoms with Gasteiger partial charge in [0.05, 0.1) is 11.7 Å². The summed E-state index contributed by atoms with van der Waals surface area (Å²) in [7, 11) is 0. The van der Waals surface area contributed by atoms with Crippen LogP contribution in [0.25, 0.3) is 32.9 Å². The summed E-state index contributed by atoms with van der Waals surface area (Å²) in [5.74, 6) is 0. The smallest absolute Gasteiger partial charge is 0.0971 e. The Morgan fingerprint density at radius 3 is 2.63 bits per heavy atom. The van der Waals surface area contributed by atoms with Gasteiger partial charge in [0, 0.05) is 33.6 Å². The van der Waals surface area contributed by atoms with Crippen LogP contribution in [0.5, 0.6) is 0 Å². The molecule has 2 heterocycles. The zero-order valence-corrected chi connectivity index (χ0v) is 10.2. The van der Waals surface area contributed by atoms with Gasteiger partial charge in [-0.1, -0.05) is 42.5 Å². The molecular formula is C17H11N2. The van der Waals surface area contributed by atoms with E-state index < -0.39 is 0 Å². The van der Waals surface area contributed by atoms with Crippen molar-refractivity contribution in [3.8, 4) is 11.1 Å². The maximum atomic E-state index is 4.08. The molecule has 0 fully saturated rings. The quantitative estimate of drug-likeness (QED) is 0.533. The first-order valence-corrected chi connectivity index (χ1v) is 6.26. The summed E-state index contributed by atoms with van der Waals surface area (Å²) in [6.45, 7) is 0. The number of hydrogen-bond donors (Lipinski definition) is 1. The van der Waals surface area contributed by atoms with E-state index in [1.54, 1.807) is 6.20 Å². The van der Waals surface area contributed by atoms with Gasteiger partial charge in [0.25, 0.3) is 0 Å². The Morgan fingerprint density at radius 2 is 1.74 bits per heavy atom. The molecule has 0 bridgehead atoms. The lowest BCUT2D eigenvalue weighted by Crippen LogP contribution is -1.81. The lowest BCUT2D eigenvalue weighted by molar-refractivity contribution is 1.31. The van der Waals surface area contributed by atoms with Crippen molar-refractivity contribution in [2.45, 2.75) is 0 Å². The van der Waals surface area contributed by atoms with Crippen LogP contribution >= 0.6 is 0 Å². The molecule has 2 aromatic heterocycles. The molecule has 1 N–H and O–H groups in total. The van der Waals surface area contributed by atoms with Crippen LogP contribution in [0, 0.1) is 6.20 Å². The zero-order valence-electron chi connectivity index (χ0n) is 10.2. The van der Waals surface area contributed by atoms with Crippen LogP contribution in [0.1, 0.15) is 0 Å². The van der Waals surface area contributed by atoms with Crippen molar-refractivity contribution in [1.29, 1.82) is 0 Å². The minimum Gasteiger partial charge on any atom is -0.354 e. The number of hydrogen-bond acceptors (Lipinski definition) is 1. The van der Waals surface area contributed by atoms with E-state index in [2.05, 4.69) is 52.6 Å². The zero-order chi connectivity index (χ0) is 12.7. The van der Waals surface area contributed by atoms with Crippen LogP contribution < -0.4 is 0 Å². The molecule has 1 radical (unpaired) electrons. The third-order valence-corrected chi connectivity index (χ3v) is 3.44. The average molecular weight is 243 g/mol. The van der Waals surface area contributed by atoms with Gasteiger partial charge in [-0.2, -0.15) is 0 Å². The fourth-order valence-electron chi connectivity index (χ4n) is 2.57. The molecule has 19 heavy (non-hydrogen) atoms. The molecule has 0 amide bonds. The van der Waals surface area contributed by atoms with Crippen LogP contribution in [-0.4, -0.2) is 9.97 Å². The fourth-order valence-corrected chi connectivity index (χ4v) is 2.57. The summed E-state index contributed by atoms with van der Waals surface area (Å²) in [4.78, 5) is 7.58. The molecule has 0 saturated heterocycles. The van der Waals surface area contributed by atoms with Gasteiger partial charge < -0.3 is 4.98 Å². The second kappa shape index (κ2) is 3.95. The number of aromatic amines is 1. The number of benzene rings is 2. The topological polar surface area (TPSA) is 28.7 Å². The van der Waals surface area contributed by atoms with Crippen LogP contribution in [0.2, 0.25) is 0 Å². The van der Waals surface area contributed by atoms with Gasteiger partial charge in [0.15, 0.2) is 0 Å². The molecule has 0 unspecified atom stereocenters. The lowest BCUT2D eigenvalue weighted by atomic mass is 10.0. The van der Waals surface area contributed by atoms with Crippen molar-refractivity contribution in [1.82, 2.24) is 9.97 Å². The highest BCUT2D eigenvalue weighted by atomic mass is 14.7. The Hall–Kier alpha value is -2.61. The normalized spacial score (nSPS) is 11.2. The minimum absolute atomic E-state index is 1.01. The monoisotopic (exact) mass is 243 g/mol. The molecule has 89 valence electrons. The largest absolute Gasteiger partial charge is 0.354 e. The number of fused-ring (bicyclic) bond motifs is 3. The maximum absolute atomic E-state index is 4.08. The number of aromatic nitrogens is 2. The molecular weight excluding hydrogens is 232 g/mol. The summed E-state index contributed by atoms with van der Waals surface area (Å²) >= 11 is 0. The predicted molar refractivity (Wildman–Crippen MR) is 77.9 cm³/mol. The second-order valence-electron chi connectivity index (χ2n) is 4.56. The van der Waals surface area contributed by atoms with Gasteiger partial charge in [-0.25, -0.2) is 0 Å². The summed E-state index contributed by atoms with van der Waals surface area (Å²) in [5, 5.41) is 2.49. The number of pyridine rings is 1. The van der Waals surface area contributed by atoms with E-state index >= 15 is 0 Å². The van der Waals surface area contributed by atoms with Crippen LogP contribution in [0.3, 0.4) is 0 Å². The van der Waals surface area contributed by atoms with Crippen molar-refractivity contribution in [3.05, 3.63) is 67.0 Å². The lowest BCUT2D eigenvalue weighted by Gasteiger charge is -2.01. The minimum atomic E-state index is 1.01. The first-order chi connectivity index (χ1) is 9.43. The second-order valence-corrected chi connectivity index (χ2v) is 4.56. The summed E-state index contributed by atoms with van der Waals surface area (Å²) < 4.78 is 0. The van der Waals surface area contributed by atoms with Gasteiger partial charge in [0.1, 0.15) is 0 Å². The third kappa shape index (κ3) is 1.54. The van der Waals surface area contributed by atoms with E-state index in [-0.39, 0.29) is 0 Å². The van der Waals surface area contributed by atoms with Gasteiger partial charge in [0.2, 0.25) is 0 Å². The highest BCUT2D eigenvalue weighted by Gasteiger charge is 2.08. The van der Waals surface area contributed by atoms with E-state index in [0.29, 0.717) is 0 Å². The SMILES string of the molecule is [c]1ncccc1-c1cccc2c1[nH]c1ccccc12. The standard InChI is InChI=1S/C17H11N2/c1-2-9-16-14(6-1)15-8-3-7-13(17(15)19-16)12-5-4-10-18-11-12/h1-10,19H.